The molecule has 102 valence electrons. The zero-order chi connectivity index (χ0) is 13.7. The van der Waals surface area contributed by atoms with Crippen molar-refractivity contribution < 1.29 is 24.2 Å². The van der Waals surface area contributed by atoms with Gasteiger partial charge in [0.25, 0.3) is 0 Å². The van der Waals surface area contributed by atoms with Gasteiger partial charge in [-0.05, 0) is 5.56 Å². The van der Waals surface area contributed by atoms with E-state index < -0.39 is 17.6 Å². The monoisotopic (exact) mass is 265 g/mol. The quantitative estimate of drug-likeness (QED) is 0.853. The van der Waals surface area contributed by atoms with E-state index >= 15 is 0 Å². The molecule has 6 nitrogen and oxygen atoms in total. The molecule has 0 saturated carbocycles. The van der Waals surface area contributed by atoms with Crippen LogP contribution >= 0.6 is 0 Å². The summed E-state index contributed by atoms with van der Waals surface area (Å²) in [6.07, 6.45) is -0.514. The number of hydrogen-bond acceptors (Lipinski definition) is 4. The third-order valence-corrected chi connectivity index (χ3v) is 2.99. The molecule has 1 amide bonds. The first-order chi connectivity index (χ1) is 9.12. The standard InChI is InChI=1S/C13H15NO5/c15-11(16)13(6-7-18-9-13)14-12(17)19-8-10-4-2-1-3-5-10/h1-5H,6-9H2,(H,14,17)(H,15,16). The normalized spacial score (nSPS) is 21.9. The van der Waals surface area contributed by atoms with E-state index in [4.69, 9.17) is 14.6 Å². The van der Waals surface area contributed by atoms with Gasteiger partial charge in [0, 0.05) is 13.0 Å². The average Bonchev–Trinajstić information content (AvgIpc) is 2.87. The Hall–Kier alpha value is -2.08. The largest absolute Gasteiger partial charge is 0.479 e. The highest BCUT2D eigenvalue weighted by molar-refractivity contribution is 5.84. The lowest BCUT2D eigenvalue weighted by Crippen LogP contribution is -2.55. The number of ether oxygens (including phenoxy) is 2. The first-order valence-electron chi connectivity index (χ1n) is 5.92. The lowest BCUT2D eigenvalue weighted by atomic mass is 10.00. The Morgan fingerprint density at radius 3 is 2.68 bits per heavy atom. The maximum atomic E-state index is 11.6. The predicted molar refractivity (Wildman–Crippen MR) is 65.6 cm³/mol. The van der Waals surface area contributed by atoms with Crippen LogP contribution in [0, 0.1) is 0 Å². The summed E-state index contributed by atoms with van der Waals surface area (Å²) in [5.74, 6) is -1.11. The third kappa shape index (κ3) is 3.23. The van der Waals surface area contributed by atoms with E-state index in [1.807, 2.05) is 30.3 Å². The summed E-state index contributed by atoms with van der Waals surface area (Å²) in [6.45, 7) is 0.372. The molecule has 1 atom stereocenters. The number of alkyl carbamates (subject to hydrolysis) is 1. The molecule has 1 fully saturated rings. The van der Waals surface area contributed by atoms with E-state index in [-0.39, 0.29) is 19.6 Å². The van der Waals surface area contributed by atoms with Crippen LogP contribution in [0.3, 0.4) is 0 Å². The van der Waals surface area contributed by atoms with Gasteiger partial charge >= 0.3 is 12.1 Å². The van der Waals surface area contributed by atoms with Gasteiger partial charge in [-0.1, -0.05) is 30.3 Å². The zero-order valence-corrected chi connectivity index (χ0v) is 10.3. The molecule has 1 aromatic rings. The first kappa shape index (κ1) is 13.4. The van der Waals surface area contributed by atoms with Gasteiger partial charge in [0.1, 0.15) is 6.61 Å². The van der Waals surface area contributed by atoms with E-state index in [9.17, 15) is 9.59 Å². The van der Waals surface area contributed by atoms with Gasteiger partial charge in [-0.15, -0.1) is 0 Å². The van der Waals surface area contributed by atoms with Gasteiger partial charge in [0.2, 0.25) is 0 Å². The van der Waals surface area contributed by atoms with Crippen molar-refractivity contribution in [1.29, 1.82) is 0 Å². The lowest BCUT2D eigenvalue weighted by molar-refractivity contribution is -0.144. The van der Waals surface area contributed by atoms with Crippen LogP contribution in [-0.2, 0) is 20.9 Å². The van der Waals surface area contributed by atoms with Crippen LogP contribution in [0.5, 0.6) is 0 Å². The Morgan fingerprint density at radius 1 is 1.37 bits per heavy atom. The van der Waals surface area contributed by atoms with Gasteiger partial charge in [-0.3, -0.25) is 0 Å². The average molecular weight is 265 g/mol. The summed E-state index contributed by atoms with van der Waals surface area (Å²) < 4.78 is 10.0. The Balaban J connectivity index is 1.88. The number of carbonyl (C=O) groups excluding carboxylic acids is 1. The Bertz CT molecular complexity index is 453. The molecule has 0 aliphatic carbocycles. The molecular weight excluding hydrogens is 250 g/mol. The summed E-state index contributed by atoms with van der Waals surface area (Å²) in [4.78, 5) is 22.8. The number of benzene rings is 1. The summed E-state index contributed by atoms with van der Waals surface area (Å²) >= 11 is 0. The summed E-state index contributed by atoms with van der Waals surface area (Å²) in [5.41, 5.74) is -0.530. The zero-order valence-electron chi connectivity index (χ0n) is 10.3. The minimum Gasteiger partial charge on any atom is -0.479 e. The van der Waals surface area contributed by atoms with Gasteiger partial charge in [0.05, 0.1) is 6.61 Å². The number of aliphatic carboxylic acids is 1. The molecule has 2 N–H and O–H groups in total. The van der Waals surface area contributed by atoms with Crippen molar-refractivity contribution in [3.05, 3.63) is 35.9 Å². The molecule has 6 heteroatoms. The number of rotatable bonds is 4. The summed E-state index contributed by atoms with van der Waals surface area (Å²) in [5, 5.41) is 11.5. The molecule has 1 heterocycles. The third-order valence-electron chi connectivity index (χ3n) is 2.99. The van der Waals surface area contributed by atoms with Gasteiger partial charge in [-0.25, -0.2) is 9.59 Å². The Labute approximate surface area is 110 Å². The topological polar surface area (TPSA) is 84.9 Å². The Morgan fingerprint density at radius 2 is 2.11 bits per heavy atom. The molecule has 1 aromatic carbocycles. The fourth-order valence-corrected chi connectivity index (χ4v) is 1.84. The van der Waals surface area contributed by atoms with Crippen LogP contribution < -0.4 is 5.32 Å². The van der Waals surface area contributed by atoms with Crippen LogP contribution in [0.2, 0.25) is 0 Å². The highest BCUT2D eigenvalue weighted by Gasteiger charge is 2.44. The number of hydrogen-bond donors (Lipinski definition) is 2. The van der Waals surface area contributed by atoms with Crippen molar-refractivity contribution in [3.63, 3.8) is 0 Å². The van der Waals surface area contributed by atoms with Gasteiger partial charge in [0.15, 0.2) is 5.54 Å². The number of carbonyl (C=O) groups is 2. The fourth-order valence-electron chi connectivity index (χ4n) is 1.84. The highest BCUT2D eigenvalue weighted by atomic mass is 16.6. The second-order valence-corrected chi connectivity index (χ2v) is 4.38. The summed E-state index contributed by atoms with van der Waals surface area (Å²) in [7, 11) is 0. The molecule has 0 spiro atoms. The predicted octanol–water partition coefficient (Wildman–Crippen LogP) is 1.16. The SMILES string of the molecule is O=C(NC1(C(=O)O)CCOC1)OCc1ccccc1. The molecule has 2 rings (SSSR count). The molecule has 1 aliphatic rings. The van der Waals surface area contributed by atoms with E-state index in [1.165, 1.54) is 0 Å². The molecular formula is C13H15NO5. The minimum atomic E-state index is -1.37. The van der Waals surface area contributed by atoms with Crippen LogP contribution in [0.15, 0.2) is 30.3 Å². The maximum Gasteiger partial charge on any atom is 0.408 e. The fraction of sp³-hybridized carbons (Fsp3) is 0.385. The van der Waals surface area contributed by atoms with E-state index in [2.05, 4.69) is 5.32 Å². The van der Waals surface area contributed by atoms with Gasteiger partial charge < -0.3 is 19.9 Å². The van der Waals surface area contributed by atoms with E-state index in [1.54, 1.807) is 0 Å². The van der Waals surface area contributed by atoms with E-state index in [0.29, 0.717) is 6.61 Å². The molecule has 1 aliphatic heterocycles. The minimum absolute atomic E-state index is 0.0389. The van der Waals surface area contributed by atoms with Crippen LogP contribution in [-0.4, -0.2) is 35.9 Å². The number of amides is 1. The molecule has 1 unspecified atom stereocenters. The van der Waals surface area contributed by atoms with Crippen molar-refractivity contribution >= 4 is 12.1 Å². The molecule has 0 radical (unpaired) electrons. The van der Waals surface area contributed by atoms with Crippen LogP contribution in [0.4, 0.5) is 4.79 Å². The molecule has 0 bridgehead atoms. The first-order valence-corrected chi connectivity index (χ1v) is 5.92. The van der Waals surface area contributed by atoms with Crippen molar-refractivity contribution in [2.24, 2.45) is 0 Å². The smallest absolute Gasteiger partial charge is 0.408 e. The van der Waals surface area contributed by atoms with Crippen molar-refractivity contribution in [1.82, 2.24) is 5.32 Å². The van der Waals surface area contributed by atoms with E-state index in [0.717, 1.165) is 5.56 Å². The second-order valence-electron chi connectivity index (χ2n) is 4.38. The van der Waals surface area contributed by atoms with Gasteiger partial charge in [-0.2, -0.15) is 0 Å². The Kier molecular flexibility index (Phi) is 4.01. The summed E-state index contributed by atoms with van der Waals surface area (Å²) in [6, 6.07) is 9.16. The number of carboxylic acids is 1. The van der Waals surface area contributed by atoms with Crippen LogP contribution in [0.25, 0.3) is 0 Å². The lowest BCUT2D eigenvalue weighted by Gasteiger charge is -2.23. The van der Waals surface area contributed by atoms with Crippen molar-refractivity contribution in [2.45, 2.75) is 18.6 Å². The van der Waals surface area contributed by atoms with Crippen molar-refractivity contribution in [2.75, 3.05) is 13.2 Å². The molecule has 0 aromatic heterocycles. The molecule has 19 heavy (non-hydrogen) atoms. The second kappa shape index (κ2) is 5.71. The number of nitrogens with one attached hydrogen (secondary N) is 1. The number of carboxylic acid groups (broad SMARTS) is 1. The van der Waals surface area contributed by atoms with Crippen molar-refractivity contribution in [3.8, 4) is 0 Å². The maximum absolute atomic E-state index is 11.6. The highest BCUT2D eigenvalue weighted by Crippen LogP contribution is 2.19. The van der Waals surface area contributed by atoms with Crippen LogP contribution in [0.1, 0.15) is 12.0 Å². The molecule has 1 saturated heterocycles.